The summed E-state index contributed by atoms with van der Waals surface area (Å²) in [6.45, 7) is 5.32. The van der Waals surface area contributed by atoms with Crippen molar-refractivity contribution in [3.05, 3.63) is 81.1 Å². The third-order valence-electron chi connectivity index (χ3n) is 5.48. The van der Waals surface area contributed by atoms with Crippen LogP contribution in [0.2, 0.25) is 5.02 Å². The van der Waals surface area contributed by atoms with E-state index in [0.717, 1.165) is 39.6 Å². The molecule has 0 fully saturated rings. The lowest BCUT2D eigenvalue weighted by molar-refractivity contribution is 0.0694. The molecule has 7 heteroatoms. The highest BCUT2D eigenvalue weighted by Gasteiger charge is 2.22. The van der Waals surface area contributed by atoms with Gasteiger partial charge in [0.2, 0.25) is 0 Å². The quantitative estimate of drug-likeness (QED) is 0.497. The highest BCUT2D eigenvalue weighted by atomic mass is 35.5. The van der Waals surface area contributed by atoms with Crippen LogP contribution >= 0.6 is 11.6 Å². The lowest BCUT2D eigenvalue weighted by Gasteiger charge is -2.12. The zero-order chi connectivity index (χ0) is 22.5. The number of nitrogens with zero attached hydrogens (tertiary/aromatic N) is 1. The van der Waals surface area contributed by atoms with Crippen LogP contribution in [0, 0.1) is 13.8 Å². The van der Waals surface area contributed by atoms with Crippen LogP contribution < -0.4 is 14.8 Å². The molecule has 3 rings (SSSR count). The first-order chi connectivity index (χ1) is 14.8. The van der Waals surface area contributed by atoms with E-state index in [0.29, 0.717) is 30.2 Å². The van der Waals surface area contributed by atoms with Crippen LogP contribution in [0.3, 0.4) is 0 Å². The Morgan fingerprint density at radius 1 is 1.03 bits per heavy atom. The van der Waals surface area contributed by atoms with Gasteiger partial charge < -0.3 is 24.5 Å². The molecular weight excluding hydrogens is 416 g/mol. The van der Waals surface area contributed by atoms with E-state index in [1.807, 2.05) is 60.9 Å². The minimum Gasteiger partial charge on any atom is -0.497 e. The molecule has 0 saturated heterocycles. The fourth-order valence-electron chi connectivity index (χ4n) is 3.80. The largest absolute Gasteiger partial charge is 0.497 e. The number of ether oxygens (including phenoxy) is 2. The van der Waals surface area contributed by atoms with Crippen molar-refractivity contribution in [3.8, 4) is 11.5 Å². The molecule has 0 aliphatic heterocycles. The number of aromatic nitrogens is 1. The monoisotopic (exact) mass is 442 g/mol. The Kier molecular flexibility index (Phi) is 7.25. The van der Waals surface area contributed by atoms with Crippen molar-refractivity contribution in [2.24, 2.45) is 0 Å². The second kappa shape index (κ2) is 9.90. The number of hydrogen-bond donors (Lipinski definition) is 2. The maximum absolute atomic E-state index is 12.0. The van der Waals surface area contributed by atoms with Crippen LogP contribution in [0.1, 0.15) is 38.4 Å². The number of halogens is 1. The minimum absolute atomic E-state index is 0.344. The Hall–Kier alpha value is -2.96. The van der Waals surface area contributed by atoms with Crippen molar-refractivity contribution in [2.75, 3.05) is 14.2 Å². The number of nitrogens with one attached hydrogen (secondary N) is 1. The van der Waals surface area contributed by atoms with E-state index in [1.165, 1.54) is 0 Å². The smallest absolute Gasteiger partial charge is 0.337 e. The van der Waals surface area contributed by atoms with Gasteiger partial charge >= 0.3 is 5.97 Å². The summed E-state index contributed by atoms with van der Waals surface area (Å²) in [4.78, 5) is 12.0. The molecule has 2 N–H and O–H groups in total. The van der Waals surface area contributed by atoms with Gasteiger partial charge in [-0.3, -0.25) is 0 Å². The molecule has 0 amide bonds. The average Bonchev–Trinajstić information content (AvgIpc) is 2.99. The normalized spacial score (nSPS) is 10.9. The SMILES string of the molecule is COc1ccc(OC)c(CNCc2c(C(=O)O)c(C)n(Cc3ccc(Cl)cc3)c2C)c1. The summed E-state index contributed by atoms with van der Waals surface area (Å²) in [6, 6.07) is 13.2. The molecule has 0 aliphatic carbocycles. The van der Waals surface area contributed by atoms with Gasteiger partial charge in [0.1, 0.15) is 11.5 Å². The summed E-state index contributed by atoms with van der Waals surface area (Å²) in [7, 11) is 3.24. The fourth-order valence-corrected chi connectivity index (χ4v) is 3.93. The first-order valence-corrected chi connectivity index (χ1v) is 10.3. The van der Waals surface area contributed by atoms with Crippen molar-refractivity contribution >= 4 is 17.6 Å². The molecule has 0 radical (unpaired) electrons. The van der Waals surface area contributed by atoms with Gasteiger partial charge in [-0.25, -0.2) is 4.79 Å². The van der Waals surface area contributed by atoms with E-state index in [4.69, 9.17) is 21.1 Å². The third-order valence-corrected chi connectivity index (χ3v) is 5.73. The van der Waals surface area contributed by atoms with Gasteiger partial charge in [-0.05, 0) is 49.7 Å². The molecule has 6 nitrogen and oxygen atoms in total. The Bertz CT molecular complexity index is 1070. The average molecular weight is 443 g/mol. The van der Waals surface area contributed by atoms with Gasteiger partial charge in [-0.2, -0.15) is 0 Å². The fraction of sp³-hybridized carbons (Fsp3) is 0.292. The van der Waals surface area contributed by atoms with Gasteiger partial charge in [0, 0.05) is 47.2 Å². The van der Waals surface area contributed by atoms with Gasteiger partial charge in [-0.15, -0.1) is 0 Å². The maximum atomic E-state index is 12.0. The molecule has 1 heterocycles. The van der Waals surface area contributed by atoms with Crippen LogP contribution in [-0.4, -0.2) is 29.9 Å². The lowest BCUT2D eigenvalue weighted by atomic mass is 10.1. The number of carboxylic acids is 1. The summed E-state index contributed by atoms with van der Waals surface area (Å²) in [6.07, 6.45) is 0. The molecule has 31 heavy (non-hydrogen) atoms. The Morgan fingerprint density at radius 2 is 1.74 bits per heavy atom. The number of methoxy groups -OCH3 is 2. The van der Waals surface area contributed by atoms with Crippen molar-refractivity contribution in [3.63, 3.8) is 0 Å². The van der Waals surface area contributed by atoms with Gasteiger partial charge in [0.05, 0.1) is 19.8 Å². The molecule has 0 bridgehead atoms. The van der Waals surface area contributed by atoms with Crippen LogP contribution in [0.15, 0.2) is 42.5 Å². The van der Waals surface area contributed by atoms with Crippen molar-refractivity contribution in [1.29, 1.82) is 0 Å². The van der Waals surface area contributed by atoms with Crippen LogP contribution in [0.4, 0.5) is 0 Å². The molecule has 164 valence electrons. The predicted octanol–water partition coefficient (Wildman–Crippen LogP) is 4.81. The summed E-state index contributed by atoms with van der Waals surface area (Å²) >= 11 is 5.99. The number of hydrogen-bond acceptors (Lipinski definition) is 4. The molecule has 3 aromatic rings. The standard InChI is InChI=1S/C24H27ClN2O4/c1-15-21(13-26-12-18-11-20(30-3)9-10-22(18)31-4)23(24(28)29)16(2)27(15)14-17-5-7-19(25)8-6-17/h5-11,26H,12-14H2,1-4H3,(H,28,29). The Labute approximate surface area is 187 Å². The highest BCUT2D eigenvalue weighted by molar-refractivity contribution is 6.30. The van der Waals surface area contributed by atoms with Crippen LogP contribution in [0.5, 0.6) is 11.5 Å². The van der Waals surface area contributed by atoms with E-state index in [2.05, 4.69) is 5.32 Å². The number of rotatable bonds is 9. The number of benzene rings is 2. The summed E-state index contributed by atoms with van der Waals surface area (Å²) in [5.41, 5.74) is 4.78. The Morgan fingerprint density at radius 3 is 2.35 bits per heavy atom. The van der Waals surface area contributed by atoms with Crippen molar-refractivity contribution in [1.82, 2.24) is 9.88 Å². The highest BCUT2D eigenvalue weighted by Crippen LogP contribution is 2.26. The zero-order valence-corrected chi connectivity index (χ0v) is 18.9. The molecular formula is C24H27ClN2O4. The lowest BCUT2D eigenvalue weighted by Crippen LogP contribution is -2.16. The van der Waals surface area contributed by atoms with Crippen molar-refractivity contribution in [2.45, 2.75) is 33.5 Å². The Balaban J connectivity index is 1.84. The number of carboxylic acid groups (broad SMARTS) is 1. The number of carbonyl (C=O) groups is 1. The molecule has 2 aromatic carbocycles. The molecule has 0 aliphatic rings. The van der Waals surface area contributed by atoms with Crippen molar-refractivity contribution < 1.29 is 19.4 Å². The van der Waals surface area contributed by atoms with E-state index >= 15 is 0 Å². The molecule has 0 atom stereocenters. The second-order valence-electron chi connectivity index (χ2n) is 7.32. The van der Waals surface area contributed by atoms with E-state index in [-0.39, 0.29) is 0 Å². The molecule has 0 spiro atoms. The molecule has 1 aromatic heterocycles. The van der Waals surface area contributed by atoms with Gasteiger partial charge in [0.25, 0.3) is 0 Å². The first-order valence-electron chi connectivity index (χ1n) is 9.93. The van der Waals surface area contributed by atoms with Crippen LogP contribution in [-0.2, 0) is 19.6 Å². The van der Waals surface area contributed by atoms with E-state index < -0.39 is 5.97 Å². The van der Waals surface area contributed by atoms with Gasteiger partial charge in [-0.1, -0.05) is 23.7 Å². The third kappa shape index (κ3) is 5.03. The summed E-state index contributed by atoms with van der Waals surface area (Å²) < 4.78 is 12.8. The predicted molar refractivity (Wildman–Crippen MR) is 122 cm³/mol. The van der Waals surface area contributed by atoms with Gasteiger partial charge in [0.15, 0.2) is 0 Å². The minimum atomic E-state index is -0.925. The second-order valence-corrected chi connectivity index (χ2v) is 7.76. The number of aromatic carboxylic acids is 1. The summed E-state index contributed by atoms with van der Waals surface area (Å²) in [5.74, 6) is 0.566. The zero-order valence-electron chi connectivity index (χ0n) is 18.2. The molecule has 0 unspecified atom stereocenters. The topological polar surface area (TPSA) is 72.7 Å². The maximum Gasteiger partial charge on any atom is 0.337 e. The van der Waals surface area contributed by atoms with Crippen LogP contribution in [0.25, 0.3) is 0 Å². The van der Waals surface area contributed by atoms with E-state index in [9.17, 15) is 9.90 Å². The molecule has 0 saturated carbocycles. The first kappa shape index (κ1) is 22.7. The summed E-state index contributed by atoms with van der Waals surface area (Å²) in [5, 5.41) is 13.9. The van der Waals surface area contributed by atoms with E-state index in [1.54, 1.807) is 14.2 Å².